The Balaban J connectivity index is 1.79. The van der Waals surface area contributed by atoms with Crippen LogP contribution in [0.4, 0.5) is 11.4 Å². The monoisotopic (exact) mass is 380 g/mol. The molecule has 3 heterocycles. The number of aromatic nitrogens is 2. The first-order valence-electron chi connectivity index (χ1n) is 7.92. The van der Waals surface area contributed by atoms with Crippen LogP contribution in [-0.2, 0) is 0 Å². The molecular formula is C18H12N4O4S. The molecule has 4 rings (SSSR count). The van der Waals surface area contributed by atoms with Gasteiger partial charge in [0.1, 0.15) is 16.2 Å². The number of carbonyl (C=O) groups is 1. The topological polar surface area (TPSA) is 107 Å². The highest BCUT2D eigenvalue weighted by atomic mass is 32.1. The molecule has 0 aliphatic heterocycles. The van der Waals surface area contributed by atoms with Gasteiger partial charge in [0.25, 0.3) is 17.2 Å². The number of fused-ring (bicyclic) bond motifs is 2. The number of amides is 1. The molecular weight excluding hydrogens is 368 g/mol. The van der Waals surface area contributed by atoms with Crippen molar-refractivity contribution in [2.45, 2.75) is 6.92 Å². The van der Waals surface area contributed by atoms with Crippen LogP contribution in [0.3, 0.4) is 0 Å². The number of aryl methyl sites for hydroxylation is 1. The van der Waals surface area contributed by atoms with E-state index in [1.54, 1.807) is 18.3 Å². The molecule has 8 nitrogen and oxygen atoms in total. The number of thiophene rings is 1. The van der Waals surface area contributed by atoms with E-state index in [1.165, 1.54) is 28.7 Å². The summed E-state index contributed by atoms with van der Waals surface area (Å²) >= 11 is 1.07. The van der Waals surface area contributed by atoms with Gasteiger partial charge in [-0.05, 0) is 30.7 Å². The first-order valence-corrected chi connectivity index (χ1v) is 8.73. The summed E-state index contributed by atoms with van der Waals surface area (Å²) in [7, 11) is 0. The van der Waals surface area contributed by atoms with Crippen LogP contribution >= 0.6 is 11.3 Å². The Labute approximate surface area is 155 Å². The van der Waals surface area contributed by atoms with Gasteiger partial charge in [-0.15, -0.1) is 11.3 Å². The van der Waals surface area contributed by atoms with Gasteiger partial charge in [0.2, 0.25) is 0 Å². The first-order chi connectivity index (χ1) is 13.0. The number of rotatable bonds is 3. The van der Waals surface area contributed by atoms with E-state index in [9.17, 15) is 19.7 Å². The highest BCUT2D eigenvalue weighted by Crippen LogP contribution is 2.27. The number of nitro groups is 1. The summed E-state index contributed by atoms with van der Waals surface area (Å²) < 4.78 is 1.44. The Morgan fingerprint density at radius 1 is 1.26 bits per heavy atom. The Morgan fingerprint density at radius 3 is 2.81 bits per heavy atom. The molecule has 0 saturated carbocycles. The average Bonchev–Trinajstić information content (AvgIpc) is 3.08. The van der Waals surface area contributed by atoms with E-state index >= 15 is 0 Å². The number of nitrogens with one attached hydrogen (secondary N) is 1. The molecule has 1 aromatic carbocycles. The summed E-state index contributed by atoms with van der Waals surface area (Å²) in [4.78, 5) is 41.0. The molecule has 1 N–H and O–H groups in total. The summed E-state index contributed by atoms with van der Waals surface area (Å²) in [6.07, 6.45) is 1.63. The second kappa shape index (κ2) is 6.29. The fourth-order valence-corrected chi connectivity index (χ4v) is 3.71. The number of anilines is 1. The molecule has 0 fully saturated rings. The van der Waals surface area contributed by atoms with Gasteiger partial charge in [-0.1, -0.05) is 18.2 Å². The standard InChI is InChI=1S/C18H12N4O4S/c1-10-5-4-8-21-15(10)20-17-11(18(21)24)9-14(27-17)16(23)19-12-6-2-3-7-13(12)22(25)26/h2-9H,1H3,(H,19,23). The van der Waals surface area contributed by atoms with Crippen molar-refractivity contribution >= 4 is 44.5 Å². The minimum Gasteiger partial charge on any atom is -0.316 e. The molecule has 0 aliphatic carbocycles. The van der Waals surface area contributed by atoms with Crippen molar-refractivity contribution in [2.24, 2.45) is 0 Å². The van der Waals surface area contributed by atoms with Gasteiger partial charge in [0.05, 0.1) is 15.2 Å². The summed E-state index contributed by atoms with van der Waals surface area (Å²) in [5.41, 5.74) is 1.00. The third kappa shape index (κ3) is 2.83. The van der Waals surface area contributed by atoms with Crippen LogP contribution in [-0.4, -0.2) is 20.2 Å². The third-order valence-corrected chi connectivity index (χ3v) is 5.13. The highest BCUT2D eigenvalue weighted by molar-refractivity contribution is 7.20. The molecule has 1 amide bonds. The van der Waals surface area contributed by atoms with Crippen LogP contribution in [0.25, 0.3) is 15.9 Å². The molecule has 0 atom stereocenters. The Kier molecular flexibility index (Phi) is 3.93. The van der Waals surface area contributed by atoms with Gasteiger partial charge >= 0.3 is 0 Å². The number of nitrogens with zero attached hydrogens (tertiary/aromatic N) is 3. The van der Waals surface area contributed by atoms with Gasteiger partial charge in [-0.3, -0.25) is 24.1 Å². The quantitative estimate of drug-likeness (QED) is 0.433. The number of benzene rings is 1. The minimum atomic E-state index is -0.566. The zero-order chi connectivity index (χ0) is 19.1. The first kappa shape index (κ1) is 16.9. The van der Waals surface area contributed by atoms with Crippen molar-refractivity contribution in [1.82, 2.24) is 9.38 Å². The predicted octanol–water partition coefficient (Wildman–Crippen LogP) is 3.38. The highest BCUT2D eigenvalue weighted by Gasteiger charge is 2.19. The van der Waals surface area contributed by atoms with Gasteiger partial charge in [-0.25, -0.2) is 4.98 Å². The lowest BCUT2D eigenvalue weighted by atomic mass is 10.2. The van der Waals surface area contributed by atoms with Crippen molar-refractivity contribution in [3.05, 3.63) is 79.6 Å². The molecule has 134 valence electrons. The maximum atomic E-state index is 12.7. The molecule has 9 heteroatoms. The Morgan fingerprint density at radius 2 is 2.04 bits per heavy atom. The average molecular weight is 380 g/mol. The lowest BCUT2D eigenvalue weighted by Gasteiger charge is -2.03. The summed E-state index contributed by atoms with van der Waals surface area (Å²) in [5.74, 6) is -0.530. The van der Waals surface area contributed by atoms with Gasteiger partial charge in [-0.2, -0.15) is 0 Å². The maximum absolute atomic E-state index is 12.7. The molecule has 3 aromatic heterocycles. The summed E-state index contributed by atoms with van der Waals surface area (Å²) in [5, 5.41) is 14.0. The molecule has 0 aliphatic rings. The van der Waals surface area contributed by atoms with Crippen molar-refractivity contribution in [1.29, 1.82) is 0 Å². The fraction of sp³-hybridized carbons (Fsp3) is 0.0556. The lowest BCUT2D eigenvalue weighted by molar-refractivity contribution is -0.383. The fourth-order valence-electron chi connectivity index (χ4n) is 2.79. The van der Waals surface area contributed by atoms with Crippen LogP contribution < -0.4 is 10.9 Å². The van der Waals surface area contributed by atoms with Crippen LogP contribution in [0.15, 0.2) is 53.5 Å². The van der Waals surface area contributed by atoms with Crippen LogP contribution in [0, 0.1) is 17.0 Å². The van der Waals surface area contributed by atoms with Gasteiger partial charge < -0.3 is 5.32 Å². The third-order valence-electron chi connectivity index (χ3n) is 4.10. The van der Waals surface area contributed by atoms with Gasteiger partial charge in [0.15, 0.2) is 0 Å². The smallest absolute Gasteiger partial charge is 0.292 e. The molecule has 27 heavy (non-hydrogen) atoms. The minimum absolute atomic E-state index is 0.0932. The SMILES string of the molecule is Cc1cccn2c(=O)c3cc(C(=O)Nc4ccccc4[N+](=O)[O-])sc3nc12. The predicted molar refractivity (Wildman–Crippen MR) is 103 cm³/mol. The second-order valence-corrected chi connectivity index (χ2v) is 6.89. The number of pyridine rings is 1. The molecule has 0 saturated heterocycles. The van der Waals surface area contributed by atoms with Crippen LogP contribution in [0.5, 0.6) is 0 Å². The Hall–Kier alpha value is -3.59. The largest absolute Gasteiger partial charge is 0.316 e. The molecule has 4 aromatic rings. The second-order valence-electron chi connectivity index (χ2n) is 5.86. The zero-order valence-corrected chi connectivity index (χ0v) is 14.8. The summed E-state index contributed by atoms with van der Waals surface area (Å²) in [6, 6.07) is 10.9. The number of hydrogen-bond acceptors (Lipinski definition) is 6. The van der Waals surface area contributed by atoms with E-state index in [0.29, 0.717) is 15.9 Å². The van der Waals surface area contributed by atoms with E-state index in [4.69, 9.17) is 0 Å². The molecule has 0 radical (unpaired) electrons. The molecule has 0 spiro atoms. The maximum Gasteiger partial charge on any atom is 0.292 e. The molecule has 0 bridgehead atoms. The van der Waals surface area contributed by atoms with E-state index < -0.39 is 10.8 Å². The lowest BCUT2D eigenvalue weighted by Crippen LogP contribution is -2.14. The van der Waals surface area contributed by atoms with Crippen molar-refractivity contribution in [2.75, 3.05) is 5.32 Å². The van der Waals surface area contributed by atoms with E-state index in [0.717, 1.165) is 16.9 Å². The summed E-state index contributed by atoms with van der Waals surface area (Å²) in [6.45, 7) is 1.85. The van der Waals surface area contributed by atoms with E-state index in [1.807, 2.05) is 13.0 Å². The normalized spacial score (nSPS) is 11.0. The number of carbonyl (C=O) groups excluding carboxylic acids is 1. The Bertz CT molecular complexity index is 1290. The van der Waals surface area contributed by atoms with Crippen LogP contribution in [0.1, 0.15) is 15.2 Å². The van der Waals surface area contributed by atoms with Gasteiger partial charge in [0, 0.05) is 12.3 Å². The van der Waals surface area contributed by atoms with E-state index in [2.05, 4.69) is 10.3 Å². The van der Waals surface area contributed by atoms with Crippen LogP contribution in [0.2, 0.25) is 0 Å². The molecule has 0 unspecified atom stereocenters. The van der Waals surface area contributed by atoms with Crippen molar-refractivity contribution in [3.8, 4) is 0 Å². The van der Waals surface area contributed by atoms with Crippen molar-refractivity contribution < 1.29 is 9.72 Å². The number of nitro benzene ring substituents is 1. The number of hydrogen-bond donors (Lipinski definition) is 1. The van der Waals surface area contributed by atoms with E-state index in [-0.39, 0.29) is 21.8 Å². The van der Waals surface area contributed by atoms with Crippen molar-refractivity contribution in [3.63, 3.8) is 0 Å². The number of para-hydroxylation sites is 2. The zero-order valence-electron chi connectivity index (χ0n) is 14.0.